The monoisotopic (exact) mass is 213 g/mol. The van der Waals surface area contributed by atoms with Gasteiger partial charge in [0.15, 0.2) is 0 Å². The van der Waals surface area contributed by atoms with Gasteiger partial charge in [-0.3, -0.25) is 9.59 Å². The van der Waals surface area contributed by atoms with Crippen LogP contribution in [0, 0.1) is 11.3 Å². The first-order chi connectivity index (χ1) is 6.99. The second-order valence-corrected chi connectivity index (χ2v) is 2.60. The van der Waals surface area contributed by atoms with E-state index in [4.69, 9.17) is 11.0 Å². The first kappa shape index (κ1) is 10.8. The maximum Gasteiger partial charge on any atom is 0.266 e. The lowest BCUT2D eigenvalue weighted by atomic mass is 10.1. The van der Waals surface area contributed by atoms with Gasteiger partial charge in [0.1, 0.15) is 11.6 Å². The van der Waals surface area contributed by atoms with E-state index in [1.54, 1.807) is 0 Å². The van der Waals surface area contributed by atoms with Crippen LogP contribution in [0.25, 0.3) is 0 Å². The number of primary amides is 1. The molecule has 0 bridgehead atoms. The Hall–Kier alpha value is -2.23. The van der Waals surface area contributed by atoms with Gasteiger partial charge in [0.25, 0.3) is 17.9 Å². The van der Waals surface area contributed by atoms with Gasteiger partial charge in [-0.05, 0) is 0 Å². The molecule has 0 aliphatic rings. The number of pyridine rings is 1. The van der Waals surface area contributed by atoms with Crippen molar-refractivity contribution in [2.45, 2.75) is 6.43 Å². The first-order valence-electron chi connectivity index (χ1n) is 3.72. The van der Waals surface area contributed by atoms with E-state index in [1.807, 2.05) is 4.98 Å². The second-order valence-electron chi connectivity index (χ2n) is 2.60. The number of aromatic nitrogens is 1. The van der Waals surface area contributed by atoms with Gasteiger partial charge in [-0.1, -0.05) is 0 Å². The molecule has 0 saturated heterocycles. The Morgan fingerprint density at radius 3 is 2.60 bits per heavy atom. The van der Waals surface area contributed by atoms with Gasteiger partial charge in [-0.15, -0.1) is 0 Å². The number of nitrogens with zero attached hydrogens (tertiary/aromatic N) is 1. The molecule has 0 radical (unpaired) electrons. The third-order valence-corrected chi connectivity index (χ3v) is 1.72. The van der Waals surface area contributed by atoms with Crippen molar-refractivity contribution in [1.29, 1.82) is 5.26 Å². The molecule has 3 N–H and O–H groups in total. The zero-order valence-electron chi connectivity index (χ0n) is 7.25. The van der Waals surface area contributed by atoms with Crippen LogP contribution in [-0.4, -0.2) is 10.9 Å². The second kappa shape index (κ2) is 3.88. The van der Waals surface area contributed by atoms with E-state index in [0.29, 0.717) is 6.20 Å². The normalized spacial score (nSPS) is 10.0. The Morgan fingerprint density at radius 2 is 2.20 bits per heavy atom. The van der Waals surface area contributed by atoms with Crippen LogP contribution in [-0.2, 0) is 0 Å². The van der Waals surface area contributed by atoms with Crippen molar-refractivity contribution in [2.75, 3.05) is 0 Å². The smallest absolute Gasteiger partial charge is 0.266 e. The Bertz CT molecular complexity index is 502. The van der Waals surface area contributed by atoms with Crippen LogP contribution >= 0.6 is 0 Å². The number of rotatable bonds is 2. The van der Waals surface area contributed by atoms with E-state index in [1.165, 1.54) is 6.07 Å². The van der Waals surface area contributed by atoms with E-state index in [0.717, 1.165) is 0 Å². The molecule has 0 fully saturated rings. The summed E-state index contributed by atoms with van der Waals surface area (Å²) in [4.78, 5) is 23.8. The summed E-state index contributed by atoms with van der Waals surface area (Å²) in [5.74, 6) is -1.21. The van der Waals surface area contributed by atoms with Gasteiger partial charge in [0.2, 0.25) is 0 Å². The number of carbonyl (C=O) groups excluding carboxylic acids is 1. The molecular weight excluding hydrogens is 208 g/mol. The molecule has 7 heteroatoms. The van der Waals surface area contributed by atoms with E-state index >= 15 is 0 Å². The molecule has 0 aliphatic carbocycles. The average Bonchev–Trinajstić information content (AvgIpc) is 2.15. The molecule has 1 aromatic heterocycles. The number of alkyl halides is 2. The van der Waals surface area contributed by atoms with Crippen LogP contribution < -0.4 is 11.3 Å². The van der Waals surface area contributed by atoms with Crippen molar-refractivity contribution in [3.63, 3.8) is 0 Å². The molecule has 1 rings (SSSR count). The minimum atomic E-state index is -2.96. The molecule has 78 valence electrons. The summed E-state index contributed by atoms with van der Waals surface area (Å²) in [5.41, 5.74) is 1.71. The lowest BCUT2D eigenvalue weighted by Gasteiger charge is -2.04. The average molecular weight is 213 g/mol. The molecule has 1 heterocycles. The quantitative estimate of drug-likeness (QED) is 0.737. The van der Waals surface area contributed by atoms with Crippen molar-refractivity contribution in [3.05, 3.63) is 33.2 Å². The Morgan fingerprint density at radius 1 is 1.60 bits per heavy atom. The van der Waals surface area contributed by atoms with Gasteiger partial charge in [0, 0.05) is 6.20 Å². The Balaban J connectivity index is 3.64. The molecule has 0 unspecified atom stereocenters. The maximum absolute atomic E-state index is 12.4. The first-order valence-corrected chi connectivity index (χ1v) is 3.72. The number of nitriles is 1. The van der Waals surface area contributed by atoms with Crippen molar-refractivity contribution in [1.82, 2.24) is 4.98 Å². The van der Waals surface area contributed by atoms with Crippen LogP contribution in [0.2, 0.25) is 0 Å². The molecule has 0 aliphatic heterocycles. The molecular formula is C8H5F2N3O2. The van der Waals surface area contributed by atoms with E-state index < -0.39 is 34.6 Å². The highest BCUT2D eigenvalue weighted by Gasteiger charge is 2.21. The topological polar surface area (TPSA) is 99.7 Å². The maximum atomic E-state index is 12.4. The van der Waals surface area contributed by atoms with Gasteiger partial charge in [0.05, 0.1) is 11.1 Å². The van der Waals surface area contributed by atoms with Crippen LogP contribution in [0.4, 0.5) is 8.78 Å². The lowest BCUT2D eigenvalue weighted by molar-refractivity contribution is 0.0998. The van der Waals surface area contributed by atoms with Crippen LogP contribution in [0.15, 0.2) is 11.0 Å². The SMILES string of the molecule is N#Cc1c(C(F)F)c[nH]c(=O)c1C(N)=O. The molecule has 0 atom stereocenters. The van der Waals surface area contributed by atoms with E-state index in [-0.39, 0.29) is 0 Å². The number of hydrogen-bond acceptors (Lipinski definition) is 3. The summed E-state index contributed by atoms with van der Waals surface area (Å²) >= 11 is 0. The molecule has 15 heavy (non-hydrogen) atoms. The van der Waals surface area contributed by atoms with E-state index in [9.17, 15) is 18.4 Å². The predicted molar refractivity (Wildman–Crippen MR) is 45.3 cm³/mol. The number of amides is 1. The van der Waals surface area contributed by atoms with E-state index in [2.05, 4.69) is 0 Å². The minimum absolute atomic E-state index is 0.679. The summed E-state index contributed by atoms with van der Waals surface area (Å²) in [6, 6.07) is 1.37. The van der Waals surface area contributed by atoms with Crippen LogP contribution in [0.3, 0.4) is 0 Å². The van der Waals surface area contributed by atoms with Gasteiger partial charge >= 0.3 is 0 Å². The van der Waals surface area contributed by atoms with Crippen LogP contribution in [0.1, 0.15) is 27.9 Å². The number of carbonyl (C=O) groups is 1. The number of halogens is 2. The lowest BCUT2D eigenvalue weighted by Crippen LogP contribution is -2.26. The fourth-order valence-electron chi connectivity index (χ4n) is 1.07. The number of nitrogens with one attached hydrogen (secondary N) is 1. The molecule has 0 spiro atoms. The number of nitrogens with two attached hydrogens (primary N) is 1. The minimum Gasteiger partial charge on any atom is -0.365 e. The zero-order chi connectivity index (χ0) is 11.6. The summed E-state index contributed by atoms with van der Waals surface area (Å²) in [5, 5.41) is 8.58. The summed E-state index contributed by atoms with van der Waals surface area (Å²) in [6.07, 6.45) is -2.27. The van der Waals surface area contributed by atoms with Gasteiger partial charge in [-0.25, -0.2) is 8.78 Å². The third-order valence-electron chi connectivity index (χ3n) is 1.72. The highest BCUT2D eigenvalue weighted by atomic mass is 19.3. The summed E-state index contributed by atoms with van der Waals surface area (Å²) in [7, 11) is 0. The Kier molecular flexibility index (Phi) is 2.80. The summed E-state index contributed by atoms with van der Waals surface area (Å²) < 4.78 is 24.7. The molecule has 1 aromatic rings. The van der Waals surface area contributed by atoms with Gasteiger partial charge in [-0.2, -0.15) is 5.26 Å². The third kappa shape index (κ3) is 1.83. The number of H-pyrrole nitrogens is 1. The van der Waals surface area contributed by atoms with Crippen molar-refractivity contribution in [2.24, 2.45) is 5.73 Å². The molecule has 5 nitrogen and oxygen atoms in total. The van der Waals surface area contributed by atoms with Crippen LogP contribution in [0.5, 0.6) is 0 Å². The van der Waals surface area contributed by atoms with Crippen molar-refractivity contribution < 1.29 is 13.6 Å². The standard InChI is InChI=1S/C8H5F2N3O2/c9-6(10)4-2-13-8(15)5(7(12)14)3(4)1-11/h2,6H,(H2,12,14)(H,13,15). The predicted octanol–water partition coefficient (Wildman–Crippen LogP) is 0.283. The highest BCUT2D eigenvalue weighted by molar-refractivity contribution is 5.95. The highest BCUT2D eigenvalue weighted by Crippen LogP contribution is 2.22. The molecule has 0 aromatic carbocycles. The fraction of sp³-hybridized carbons (Fsp3) is 0.125. The zero-order valence-corrected chi connectivity index (χ0v) is 7.25. The molecule has 1 amide bonds. The number of aromatic amines is 1. The van der Waals surface area contributed by atoms with Crippen molar-refractivity contribution >= 4 is 5.91 Å². The largest absolute Gasteiger partial charge is 0.365 e. The van der Waals surface area contributed by atoms with Gasteiger partial charge < -0.3 is 10.7 Å². The number of hydrogen-bond donors (Lipinski definition) is 2. The summed E-state index contributed by atoms with van der Waals surface area (Å²) in [6.45, 7) is 0. The fourth-order valence-corrected chi connectivity index (χ4v) is 1.07. The Labute approximate surface area is 82.1 Å². The molecule has 0 saturated carbocycles. The van der Waals surface area contributed by atoms with Crippen molar-refractivity contribution in [3.8, 4) is 6.07 Å².